The fourth-order valence-corrected chi connectivity index (χ4v) is 4.41. The smallest absolute Gasteiger partial charge is 0.414 e. The van der Waals surface area contributed by atoms with Gasteiger partial charge in [-0.3, -0.25) is 25.6 Å². The summed E-state index contributed by atoms with van der Waals surface area (Å²) in [5.41, 5.74) is 11.0. The Morgan fingerprint density at radius 1 is 1.11 bits per heavy atom. The Morgan fingerprint density at radius 3 is 2.56 bits per heavy atom. The SMILES string of the molecule is N=C(NCCCCC1CCC(OCCCC2OC(=O)NC2=O)CC1)NC(=O)c1nc(Cl)c(N)nc1N. The molecule has 1 saturated carbocycles. The van der Waals surface area contributed by atoms with Crippen LogP contribution in [0.1, 0.15) is 68.3 Å². The second-order valence-corrected chi connectivity index (χ2v) is 9.28. The summed E-state index contributed by atoms with van der Waals surface area (Å²) in [6.45, 7) is 1.10. The molecule has 3 rings (SSSR count). The largest absolute Gasteiger partial charge is 0.436 e. The summed E-state index contributed by atoms with van der Waals surface area (Å²) < 4.78 is 10.8. The van der Waals surface area contributed by atoms with Crippen molar-refractivity contribution in [1.82, 2.24) is 25.9 Å². The van der Waals surface area contributed by atoms with Crippen LogP contribution < -0.4 is 27.4 Å². The van der Waals surface area contributed by atoms with Crippen LogP contribution in [-0.2, 0) is 14.3 Å². The van der Waals surface area contributed by atoms with Gasteiger partial charge in [-0.05, 0) is 50.9 Å². The van der Waals surface area contributed by atoms with Crippen LogP contribution >= 0.6 is 11.6 Å². The lowest BCUT2D eigenvalue weighted by molar-refractivity contribution is -0.123. The van der Waals surface area contributed by atoms with E-state index in [1.807, 2.05) is 0 Å². The molecule has 13 nitrogen and oxygen atoms in total. The Balaban J connectivity index is 1.20. The molecular formula is C22H33ClN8O5. The molecule has 8 N–H and O–H groups in total. The van der Waals surface area contributed by atoms with Gasteiger partial charge in [-0.1, -0.05) is 24.4 Å². The number of rotatable bonds is 11. The number of ether oxygens (including phenoxy) is 2. The maximum Gasteiger partial charge on any atom is 0.414 e. The zero-order valence-corrected chi connectivity index (χ0v) is 20.7. The van der Waals surface area contributed by atoms with E-state index in [1.165, 1.54) is 0 Å². The maximum absolute atomic E-state index is 12.2. The third-order valence-corrected chi connectivity index (χ3v) is 6.50. The molecule has 3 amide bonds. The number of alkyl carbamates (subject to hydrolysis) is 1. The van der Waals surface area contributed by atoms with E-state index in [-0.39, 0.29) is 40.5 Å². The number of guanidine groups is 1. The number of nitrogens with one attached hydrogen (secondary N) is 4. The number of carbonyl (C=O) groups is 3. The highest BCUT2D eigenvalue weighted by Crippen LogP contribution is 2.30. The summed E-state index contributed by atoms with van der Waals surface area (Å²) in [6.07, 6.45) is 7.24. The van der Waals surface area contributed by atoms with Crippen molar-refractivity contribution in [2.24, 2.45) is 5.92 Å². The average Bonchev–Trinajstić information content (AvgIpc) is 3.16. The summed E-state index contributed by atoms with van der Waals surface area (Å²) >= 11 is 5.78. The van der Waals surface area contributed by atoms with E-state index in [0.717, 1.165) is 44.9 Å². The Kier molecular flexibility index (Phi) is 10.1. The molecule has 198 valence electrons. The molecule has 2 fully saturated rings. The number of anilines is 2. The van der Waals surface area contributed by atoms with Gasteiger partial charge >= 0.3 is 6.09 Å². The Morgan fingerprint density at radius 2 is 1.86 bits per heavy atom. The summed E-state index contributed by atoms with van der Waals surface area (Å²) in [7, 11) is 0. The van der Waals surface area contributed by atoms with Crippen molar-refractivity contribution in [2.45, 2.75) is 70.0 Å². The lowest BCUT2D eigenvalue weighted by Crippen LogP contribution is -2.41. The molecule has 14 heteroatoms. The van der Waals surface area contributed by atoms with Gasteiger partial charge in [0.1, 0.15) is 0 Å². The highest BCUT2D eigenvalue weighted by molar-refractivity contribution is 6.31. The topological polar surface area (TPSA) is 207 Å². The molecule has 2 aliphatic rings. The summed E-state index contributed by atoms with van der Waals surface area (Å²) in [5.74, 6) is -0.790. The first-order chi connectivity index (χ1) is 17.2. The maximum atomic E-state index is 12.2. The lowest BCUT2D eigenvalue weighted by Gasteiger charge is -2.28. The van der Waals surface area contributed by atoms with Crippen LogP contribution in [0.3, 0.4) is 0 Å². The minimum Gasteiger partial charge on any atom is -0.436 e. The zero-order chi connectivity index (χ0) is 26.1. The Labute approximate surface area is 213 Å². The molecule has 1 aliphatic heterocycles. The molecule has 2 heterocycles. The molecule has 0 radical (unpaired) electrons. The minimum atomic E-state index is -0.692. The van der Waals surface area contributed by atoms with Gasteiger partial charge in [-0.25, -0.2) is 14.8 Å². The first kappa shape index (κ1) is 27.4. The molecule has 36 heavy (non-hydrogen) atoms. The van der Waals surface area contributed by atoms with Crippen molar-refractivity contribution in [2.75, 3.05) is 24.6 Å². The summed E-state index contributed by atoms with van der Waals surface area (Å²) in [5, 5.41) is 15.1. The van der Waals surface area contributed by atoms with Crippen molar-refractivity contribution < 1.29 is 23.9 Å². The average molecular weight is 525 g/mol. The van der Waals surface area contributed by atoms with Gasteiger partial charge in [-0.15, -0.1) is 0 Å². The predicted molar refractivity (Wildman–Crippen MR) is 132 cm³/mol. The molecule has 0 aromatic carbocycles. The van der Waals surface area contributed by atoms with E-state index in [2.05, 4.69) is 25.9 Å². The van der Waals surface area contributed by atoms with E-state index >= 15 is 0 Å². The molecule has 1 aromatic heterocycles. The highest BCUT2D eigenvalue weighted by Gasteiger charge is 2.31. The zero-order valence-electron chi connectivity index (χ0n) is 20.0. The minimum absolute atomic E-state index is 0.0682. The van der Waals surface area contributed by atoms with E-state index in [1.54, 1.807) is 0 Å². The number of nitrogen functional groups attached to an aromatic ring is 2. The van der Waals surface area contributed by atoms with Gasteiger partial charge < -0.3 is 26.3 Å². The van der Waals surface area contributed by atoms with Crippen LogP contribution in [-0.4, -0.2) is 59.2 Å². The lowest BCUT2D eigenvalue weighted by atomic mass is 9.84. The van der Waals surface area contributed by atoms with Crippen LogP contribution in [0.5, 0.6) is 0 Å². The first-order valence-corrected chi connectivity index (χ1v) is 12.5. The number of unbranched alkanes of at least 4 members (excludes halogenated alkanes) is 1. The first-order valence-electron chi connectivity index (χ1n) is 12.1. The number of aromatic nitrogens is 2. The van der Waals surface area contributed by atoms with Crippen molar-refractivity contribution in [1.29, 1.82) is 5.41 Å². The molecular weight excluding hydrogens is 492 g/mol. The number of nitrogens with two attached hydrogens (primary N) is 2. The van der Waals surface area contributed by atoms with E-state index < -0.39 is 18.1 Å². The normalized spacial score (nSPS) is 21.5. The number of halogens is 1. The van der Waals surface area contributed by atoms with Crippen LogP contribution in [0, 0.1) is 11.3 Å². The molecule has 1 atom stereocenters. The third kappa shape index (κ3) is 8.19. The number of hydrogen-bond acceptors (Lipinski definition) is 10. The Hall–Kier alpha value is -3.19. The number of amides is 3. The van der Waals surface area contributed by atoms with Crippen molar-refractivity contribution in [3.05, 3.63) is 10.8 Å². The van der Waals surface area contributed by atoms with E-state index in [0.29, 0.717) is 31.9 Å². The summed E-state index contributed by atoms with van der Waals surface area (Å²) in [6, 6.07) is 0. The number of imide groups is 1. The van der Waals surface area contributed by atoms with Crippen LogP contribution in [0.25, 0.3) is 0 Å². The fourth-order valence-electron chi connectivity index (χ4n) is 4.29. The quantitative estimate of drug-likeness (QED) is 0.140. The predicted octanol–water partition coefficient (Wildman–Crippen LogP) is 1.71. The van der Waals surface area contributed by atoms with Crippen molar-refractivity contribution in [3.63, 3.8) is 0 Å². The van der Waals surface area contributed by atoms with Crippen LogP contribution in [0.15, 0.2) is 0 Å². The van der Waals surface area contributed by atoms with Gasteiger partial charge in [0.05, 0.1) is 6.10 Å². The van der Waals surface area contributed by atoms with Crippen molar-refractivity contribution in [3.8, 4) is 0 Å². The standard InChI is InChI=1S/C22H33ClN8O5/c23-16-18(25)29-17(24)15(28-16)20(33)30-21(26)27-10-2-1-4-12-6-8-13(9-7-12)35-11-3-5-14-19(32)31-22(34)36-14/h12-14H,1-11H2,(H4,24,25,29)(H,31,32,34)(H3,26,27,30,33). The van der Waals surface area contributed by atoms with Gasteiger partial charge in [-0.2, -0.15) is 0 Å². The van der Waals surface area contributed by atoms with Crippen LogP contribution in [0.4, 0.5) is 16.4 Å². The second kappa shape index (κ2) is 13.2. The number of nitrogens with zero attached hydrogens (tertiary/aromatic N) is 2. The van der Waals surface area contributed by atoms with Gasteiger partial charge in [0.15, 0.2) is 34.5 Å². The number of hydrogen-bond donors (Lipinski definition) is 6. The highest BCUT2D eigenvalue weighted by atomic mass is 35.5. The molecule has 1 saturated heterocycles. The molecule has 1 aliphatic carbocycles. The Bertz CT molecular complexity index is 970. The second-order valence-electron chi connectivity index (χ2n) is 8.92. The molecule has 0 bridgehead atoms. The van der Waals surface area contributed by atoms with Crippen LogP contribution in [0.2, 0.25) is 5.15 Å². The summed E-state index contributed by atoms with van der Waals surface area (Å²) in [4.78, 5) is 42.2. The monoisotopic (exact) mass is 524 g/mol. The molecule has 1 unspecified atom stereocenters. The molecule has 1 aromatic rings. The van der Waals surface area contributed by atoms with Gasteiger partial charge in [0.2, 0.25) is 0 Å². The van der Waals surface area contributed by atoms with Gasteiger partial charge in [0.25, 0.3) is 11.8 Å². The van der Waals surface area contributed by atoms with E-state index in [4.69, 9.17) is 38.0 Å². The molecule has 0 spiro atoms. The van der Waals surface area contributed by atoms with E-state index in [9.17, 15) is 14.4 Å². The fraction of sp³-hybridized carbons (Fsp3) is 0.636. The van der Waals surface area contributed by atoms with Crippen molar-refractivity contribution >= 4 is 47.1 Å². The van der Waals surface area contributed by atoms with Gasteiger partial charge in [0, 0.05) is 13.2 Å². The number of cyclic esters (lactones) is 1. The number of carbonyl (C=O) groups excluding carboxylic acids is 3. The third-order valence-electron chi connectivity index (χ3n) is 6.22.